The molecule has 1 atom stereocenters. The van der Waals surface area contributed by atoms with Crippen molar-refractivity contribution in [2.45, 2.75) is 5.41 Å². The van der Waals surface area contributed by atoms with E-state index in [0.29, 0.717) is 11.1 Å². The molecule has 2 aliphatic carbocycles. The van der Waals surface area contributed by atoms with Crippen LogP contribution >= 0.6 is 0 Å². The Balaban J connectivity index is 1.14. The molecule has 0 N–H and O–H groups in total. The standard InChI is InChI=1S/C57H36N2/c1-2-17-39(18-3-1)59-53-28-13-9-22-45(53)48-36-41(31-33-55(48)59)58(40-30-29-37-15-4-5-16-38(37)35-40)54-34-32-52-56-46(23-14-24-47(54)56)44-21-8-12-27-51(44)57(52)49-25-10-6-19-42(49)43-20-7-11-26-50(43)57/h1-36H/i6D,10D,19D,25D. The molecule has 1 heterocycles. The van der Waals surface area contributed by atoms with E-state index in [-0.39, 0.29) is 24.2 Å². The lowest BCUT2D eigenvalue weighted by Gasteiger charge is -2.40. The predicted octanol–water partition coefficient (Wildman–Crippen LogP) is 14.9. The number of fused-ring (bicyclic) bond motifs is 13. The van der Waals surface area contributed by atoms with Gasteiger partial charge in [0.2, 0.25) is 0 Å². The highest BCUT2D eigenvalue weighted by Crippen LogP contribution is 2.62. The molecule has 0 fully saturated rings. The summed E-state index contributed by atoms with van der Waals surface area (Å²) in [7, 11) is 0. The number of aromatic nitrogens is 1. The van der Waals surface area contributed by atoms with E-state index in [4.69, 9.17) is 2.74 Å². The molecule has 1 unspecified atom stereocenters. The van der Waals surface area contributed by atoms with Crippen LogP contribution in [-0.4, -0.2) is 4.57 Å². The lowest BCUT2D eigenvalue weighted by Crippen LogP contribution is -2.32. The molecule has 2 nitrogen and oxygen atoms in total. The molecule has 0 saturated heterocycles. The van der Waals surface area contributed by atoms with Gasteiger partial charge in [-0.1, -0.05) is 164 Å². The first-order valence-corrected chi connectivity index (χ1v) is 20.2. The monoisotopic (exact) mass is 752 g/mol. The van der Waals surface area contributed by atoms with Gasteiger partial charge in [-0.25, -0.2) is 0 Å². The van der Waals surface area contributed by atoms with Crippen LogP contribution in [0.2, 0.25) is 0 Å². The number of hydrogen-bond donors (Lipinski definition) is 0. The highest BCUT2D eigenvalue weighted by atomic mass is 15.1. The van der Waals surface area contributed by atoms with E-state index < -0.39 is 5.41 Å². The molecule has 1 spiro atoms. The van der Waals surface area contributed by atoms with Crippen molar-refractivity contribution >= 4 is 60.4 Å². The van der Waals surface area contributed by atoms with Crippen molar-refractivity contribution in [2.24, 2.45) is 0 Å². The van der Waals surface area contributed by atoms with Crippen LogP contribution in [0.25, 0.3) is 71.3 Å². The summed E-state index contributed by atoms with van der Waals surface area (Å²) in [6, 6.07) is 68.4. The Bertz CT molecular complexity index is 3760. The summed E-state index contributed by atoms with van der Waals surface area (Å²) in [5, 5.41) is 6.76. The van der Waals surface area contributed by atoms with Crippen LogP contribution in [0.4, 0.5) is 17.1 Å². The van der Waals surface area contributed by atoms with Gasteiger partial charge in [0.25, 0.3) is 0 Å². The van der Waals surface area contributed by atoms with E-state index in [1.807, 2.05) is 18.2 Å². The van der Waals surface area contributed by atoms with E-state index in [9.17, 15) is 2.74 Å². The van der Waals surface area contributed by atoms with Gasteiger partial charge in [-0.15, -0.1) is 0 Å². The first kappa shape index (κ1) is 28.7. The highest BCUT2D eigenvalue weighted by Gasteiger charge is 2.50. The minimum Gasteiger partial charge on any atom is -0.310 e. The summed E-state index contributed by atoms with van der Waals surface area (Å²) >= 11 is 0. The summed E-state index contributed by atoms with van der Waals surface area (Å²) < 4.78 is 39.1. The van der Waals surface area contributed by atoms with Crippen LogP contribution in [0.1, 0.15) is 27.7 Å². The maximum atomic E-state index is 9.65. The van der Waals surface area contributed by atoms with Crippen LogP contribution < -0.4 is 4.90 Å². The van der Waals surface area contributed by atoms with Gasteiger partial charge >= 0.3 is 0 Å². The fraction of sp³-hybridized carbons (Fsp3) is 0.0175. The normalized spacial score (nSPS) is 15.8. The molecular weight excluding hydrogens is 713 g/mol. The summed E-state index contributed by atoms with van der Waals surface area (Å²) in [5.41, 5.74) is 12.6. The number of rotatable bonds is 4. The van der Waals surface area contributed by atoms with Gasteiger partial charge in [0, 0.05) is 33.2 Å². The van der Waals surface area contributed by atoms with Crippen LogP contribution in [0.3, 0.4) is 0 Å². The second-order valence-corrected chi connectivity index (χ2v) is 15.7. The predicted molar refractivity (Wildman–Crippen MR) is 247 cm³/mol. The van der Waals surface area contributed by atoms with Crippen LogP contribution in [0.5, 0.6) is 0 Å². The van der Waals surface area contributed by atoms with Crippen molar-refractivity contribution in [2.75, 3.05) is 4.90 Å². The second-order valence-electron chi connectivity index (χ2n) is 15.7. The molecular formula is C57H36N2. The lowest BCUT2D eigenvalue weighted by atomic mass is 9.61. The zero-order valence-electron chi connectivity index (χ0n) is 35.9. The first-order chi connectivity index (χ1) is 30.9. The average Bonchev–Trinajstić information content (AvgIpc) is 3.83. The molecule has 2 aliphatic rings. The van der Waals surface area contributed by atoms with Gasteiger partial charge in [-0.2, -0.15) is 0 Å². The second kappa shape index (κ2) is 12.2. The van der Waals surface area contributed by atoms with Gasteiger partial charge in [-0.05, 0) is 115 Å². The van der Waals surface area contributed by atoms with Gasteiger partial charge in [0.05, 0.1) is 27.6 Å². The maximum absolute atomic E-state index is 9.65. The Labute approximate surface area is 348 Å². The lowest BCUT2D eigenvalue weighted by molar-refractivity contribution is 0.773. The Morgan fingerprint density at radius 3 is 1.92 bits per heavy atom. The Hall–Kier alpha value is -7.68. The third kappa shape index (κ3) is 4.35. The SMILES string of the molecule is [2H]c1c([2H])c([2H])c2c(c1[2H])-c1ccccc1C21c2ccccc2-c2cccc3c(N(c4ccc5ccccc5c4)c4ccc5c(c4)c4ccccc4n5-c4ccccc4)ccc1c23. The Morgan fingerprint density at radius 1 is 0.407 bits per heavy atom. The molecule has 11 aromatic rings. The molecule has 13 rings (SSSR count). The molecule has 274 valence electrons. The Morgan fingerprint density at radius 2 is 1.05 bits per heavy atom. The van der Waals surface area contributed by atoms with Gasteiger partial charge < -0.3 is 9.47 Å². The third-order valence-corrected chi connectivity index (χ3v) is 12.9. The van der Waals surface area contributed by atoms with Crippen molar-refractivity contribution in [1.82, 2.24) is 4.57 Å². The van der Waals surface area contributed by atoms with E-state index in [1.54, 1.807) is 0 Å². The van der Waals surface area contributed by atoms with E-state index >= 15 is 0 Å². The van der Waals surface area contributed by atoms with E-state index in [2.05, 4.69) is 185 Å². The molecule has 59 heavy (non-hydrogen) atoms. The number of benzene rings is 10. The van der Waals surface area contributed by atoms with Crippen LogP contribution in [0, 0.1) is 0 Å². The van der Waals surface area contributed by atoms with Crippen molar-refractivity contribution in [3.8, 4) is 27.9 Å². The van der Waals surface area contributed by atoms with Gasteiger partial charge in [-0.3, -0.25) is 0 Å². The zero-order chi connectivity index (χ0) is 42.1. The number of hydrogen-bond acceptors (Lipinski definition) is 1. The summed E-state index contributed by atoms with van der Waals surface area (Å²) in [5.74, 6) is 0. The first-order valence-electron chi connectivity index (χ1n) is 22.2. The minimum absolute atomic E-state index is 0.00521. The molecule has 0 bridgehead atoms. The topological polar surface area (TPSA) is 8.17 Å². The molecule has 0 aliphatic heterocycles. The smallest absolute Gasteiger partial charge is 0.0725 e. The molecule has 0 radical (unpaired) electrons. The number of nitrogens with zero attached hydrogens (tertiary/aromatic N) is 2. The average molecular weight is 753 g/mol. The molecule has 1 aromatic heterocycles. The van der Waals surface area contributed by atoms with Crippen molar-refractivity contribution < 1.29 is 5.48 Å². The highest BCUT2D eigenvalue weighted by molar-refractivity contribution is 6.14. The van der Waals surface area contributed by atoms with Gasteiger partial charge in [0.1, 0.15) is 0 Å². The molecule has 0 amide bonds. The zero-order valence-corrected chi connectivity index (χ0v) is 31.9. The largest absolute Gasteiger partial charge is 0.310 e. The van der Waals surface area contributed by atoms with Crippen molar-refractivity contribution in [3.05, 3.63) is 241 Å². The molecule has 10 aromatic carbocycles. The third-order valence-electron chi connectivity index (χ3n) is 12.9. The number of anilines is 3. The molecule has 0 saturated carbocycles. The fourth-order valence-electron chi connectivity index (χ4n) is 10.5. The maximum Gasteiger partial charge on any atom is 0.0725 e. The van der Waals surface area contributed by atoms with Crippen molar-refractivity contribution in [1.29, 1.82) is 0 Å². The molecule has 2 heteroatoms. The Kier molecular flexibility index (Phi) is 5.91. The van der Waals surface area contributed by atoms with Crippen LogP contribution in [0.15, 0.2) is 218 Å². The quantitative estimate of drug-likeness (QED) is 0.174. The van der Waals surface area contributed by atoms with E-state index in [1.165, 1.54) is 10.8 Å². The summed E-state index contributed by atoms with van der Waals surface area (Å²) in [6.07, 6.45) is 0. The van der Waals surface area contributed by atoms with Crippen LogP contribution in [-0.2, 0) is 5.41 Å². The summed E-state index contributed by atoms with van der Waals surface area (Å²) in [4.78, 5) is 2.39. The van der Waals surface area contributed by atoms with E-state index in [0.717, 1.165) is 88.7 Å². The fourth-order valence-corrected chi connectivity index (χ4v) is 10.5. The van der Waals surface area contributed by atoms with Gasteiger partial charge in [0.15, 0.2) is 0 Å². The number of para-hydroxylation sites is 2. The van der Waals surface area contributed by atoms with Crippen molar-refractivity contribution in [3.63, 3.8) is 0 Å². The summed E-state index contributed by atoms with van der Waals surface area (Å²) in [6.45, 7) is 0. The minimum atomic E-state index is -1.00.